The maximum atomic E-state index is 11.8. The van der Waals surface area contributed by atoms with Gasteiger partial charge in [-0.1, -0.05) is 25.1 Å². The van der Waals surface area contributed by atoms with Crippen LogP contribution in [-0.2, 0) is 5.41 Å². The summed E-state index contributed by atoms with van der Waals surface area (Å²) in [5, 5.41) is 23.4. The monoisotopic (exact) mass is 355 g/mol. The largest absolute Gasteiger partial charge is 0.392 e. The summed E-state index contributed by atoms with van der Waals surface area (Å²) in [5.41, 5.74) is 2.55. The van der Waals surface area contributed by atoms with Crippen LogP contribution in [0.1, 0.15) is 38.7 Å². The molecule has 0 aromatic heterocycles. The number of rotatable bonds is 2. The number of aliphatic hydroxyl groups is 2. The van der Waals surface area contributed by atoms with E-state index >= 15 is 0 Å². The standard InChI is InChI=1S/C22H31N2O2/c1-4-12-13-10-16-19-22(14-8-6-7-9-15(14)23(19)3)11-17(18(13)20(22)25)24(16,5-2)21(12)26/h6-9,12-13,16-21,25-26H,4-5,10-11H2,1-3H3/q+1/t12-,13-,16-,17-,18+,19-,20-,21+,22+,24?/m0/s1. The van der Waals surface area contributed by atoms with Crippen molar-refractivity contribution >= 4 is 5.69 Å². The van der Waals surface area contributed by atoms with Crippen LogP contribution in [-0.4, -0.2) is 58.7 Å². The van der Waals surface area contributed by atoms with E-state index in [1.807, 2.05) is 0 Å². The number of fused-ring (bicyclic) bond motifs is 2. The van der Waals surface area contributed by atoms with E-state index in [0.717, 1.165) is 23.9 Å². The molecule has 10 atom stereocenters. The molecule has 1 aromatic carbocycles. The van der Waals surface area contributed by atoms with Gasteiger partial charge in [-0.15, -0.1) is 0 Å². The van der Waals surface area contributed by atoms with Crippen LogP contribution in [0.4, 0.5) is 5.69 Å². The third-order valence-corrected chi connectivity index (χ3v) is 9.67. The van der Waals surface area contributed by atoms with Crippen LogP contribution in [0.15, 0.2) is 24.3 Å². The second kappa shape index (κ2) is 4.65. The van der Waals surface area contributed by atoms with Crippen molar-refractivity contribution in [2.75, 3.05) is 18.5 Å². The molecule has 26 heavy (non-hydrogen) atoms. The molecule has 5 heterocycles. The maximum absolute atomic E-state index is 11.8. The lowest BCUT2D eigenvalue weighted by Gasteiger charge is -2.67. The molecule has 1 unspecified atom stereocenters. The average molecular weight is 356 g/mol. The molecule has 5 aliphatic heterocycles. The van der Waals surface area contributed by atoms with Gasteiger partial charge in [0, 0.05) is 37.4 Å². The number of nitrogens with zero attached hydrogens (tertiary/aromatic N) is 2. The summed E-state index contributed by atoms with van der Waals surface area (Å²) in [6.07, 6.45) is 2.71. The molecule has 4 heteroatoms. The molecular formula is C22H31N2O2+. The van der Waals surface area contributed by atoms with Gasteiger partial charge in [0.25, 0.3) is 0 Å². The number of quaternary nitrogens is 1. The number of benzene rings is 1. The van der Waals surface area contributed by atoms with E-state index in [2.05, 4.69) is 50.1 Å². The summed E-state index contributed by atoms with van der Waals surface area (Å²) in [7, 11) is 2.22. The molecule has 2 N–H and O–H groups in total. The highest BCUT2D eigenvalue weighted by molar-refractivity contribution is 5.66. The van der Waals surface area contributed by atoms with Crippen molar-refractivity contribution in [2.24, 2.45) is 17.8 Å². The van der Waals surface area contributed by atoms with Crippen LogP contribution in [0.25, 0.3) is 0 Å². The van der Waals surface area contributed by atoms with Gasteiger partial charge in [0.05, 0.1) is 30.1 Å². The number of piperidine rings is 4. The Kier molecular flexibility index (Phi) is 2.85. The van der Waals surface area contributed by atoms with Gasteiger partial charge in [-0.25, -0.2) is 0 Å². The third kappa shape index (κ3) is 1.30. The normalized spacial score (nSPS) is 55.3. The van der Waals surface area contributed by atoms with Gasteiger partial charge in [-0.3, -0.25) is 4.48 Å². The topological polar surface area (TPSA) is 43.7 Å². The van der Waals surface area contributed by atoms with E-state index < -0.39 is 0 Å². The number of hydrogen-bond acceptors (Lipinski definition) is 3. The van der Waals surface area contributed by atoms with E-state index in [4.69, 9.17) is 0 Å². The predicted molar refractivity (Wildman–Crippen MR) is 101 cm³/mol. The smallest absolute Gasteiger partial charge is 0.194 e. The molecule has 4 nitrogen and oxygen atoms in total. The maximum Gasteiger partial charge on any atom is 0.194 e. The van der Waals surface area contributed by atoms with Gasteiger partial charge in [0.1, 0.15) is 6.04 Å². The zero-order valence-corrected chi connectivity index (χ0v) is 16.0. The van der Waals surface area contributed by atoms with Crippen LogP contribution < -0.4 is 4.90 Å². The average Bonchev–Trinajstić information content (AvgIpc) is 3.04. The molecule has 1 aromatic rings. The Bertz CT molecular complexity index is 783. The summed E-state index contributed by atoms with van der Waals surface area (Å²) in [6, 6.07) is 9.93. The fraction of sp³-hybridized carbons (Fsp3) is 0.727. The molecule has 1 spiro atoms. The van der Waals surface area contributed by atoms with Gasteiger partial charge in [-0.2, -0.15) is 0 Å². The van der Waals surface area contributed by atoms with E-state index in [9.17, 15) is 10.2 Å². The number of aliphatic hydroxyl groups excluding tert-OH is 2. The molecule has 0 radical (unpaired) electrons. The number of para-hydroxylation sites is 1. The number of hydrogen-bond donors (Lipinski definition) is 2. The van der Waals surface area contributed by atoms with Gasteiger partial charge < -0.3 is 15.1 Å². The Morgan fingerprint density at radius 2 is 1.96 bits per heavy atom. The molecule has 1 saturated carbocycles. The van der Waals surface area contributed by atoms with E-state index in [0.29, 0.717) is 35.9 Å². The van der Waals surface area contributed by atoms with Crippen molar-refractivity contribution < 1.29 is 14.7 Å². The van der Waals surface area contributed by atoms with Crippen LogP contribution in [0, 0.1) is 17.8 Å². The van der Waals surface area contributed by atoms with Gasteiger partial charge >= 0.3 is 0 Å². The van der Waals surface area contributed by atoms with Crippen LogP contribution in [0.2, 0.25) is 0 Å². The first kappa shape index (κ1) is 15.9. The zero-order chi connectivity index (χ0) is 18.0. The molecule has 140 valence electrons. The Morgan fingerprint density at radius 1 is 1.19 bits per heavy atom. The number of likely N-dealkylation sites (N-methyl/N-ethyl adjacent to an activating group) is 2. The summed E-state index contributed by atoms with van der Waals surface area (Å²) in [5.74, 6) is 1.18. The van der Waals surface area contributed by atoms with Crippen LogP contribution >= 0.6 is 0 Å². The Labute approximate surface area is 156 Å². The molecular weight excluding hydrogens is 324 g/mol. The SMILES string of the molecule is CC[C@H]1[C@@H]2C[C@H]3[C@@H]4N(C)c5ccccc5[C@]45C[C@@H]([C@@H]2[C@@H]5O)[N+]3(CC)[C@@H]1O. The summed E-state index contributed by atoms with van der Waals surface area (Å²) in [4.78, 5) is 2.46. The minimum atomic E-state index is -0.272. The first-order valence-electron chi connectivity index (χ1n) is 10.6. The fourth-order valence-electron chi connectivity index (χ4n) is 9.03. The van der Waals surface area contributed by atoms with Crippen molar-refractivity contribution in [1.82, 2.24) is 0 Å². The van der Waals surface area contributed by atoms with Crippen molar-refractivity contribution in [2.45, 2.75) is 69.0 Å². The Balaban J connectivity index is 1.63. The van der Waals surface area contributed by atoms with Crippen LogP contribution in [0.5, 0.6) is 0 Å². The van der Waals surface area contributed by atoms with E-state index in [-0.39, 0.29) is 17.7 Å². The Morgan fingerprint density at radius 3 is 2.69 bits per heavy atom. The second-order valence-corrected chi connectivity index (χ2v) is 9.67. The fourth-order valence-corrected chi connectivity index (χ4v) is 9.03. The van der Waals surface area contributed by atoms with Crippen molar-refractivity contribution in [1.29, 1.82) is 0 Å². The first-order valence-corrected chi connectivity index (χ1v) is 10.6. The third-order valence-electron chi connectivity index (χ3n) is 9.67. The van der Waals surface area contributed by atoms with Gasteiger partial charge in [0.2, 0.25) is 0 Å². The van der Waals surface area contributed by atoms with Crippen molar-refractivity contribution in [3.63, 3.8) is 0 Å². The summed E-state index contributed by atoms with van der Waals surface area (Å²) >= 11 is 0. The van der Waals surface area contributed by atoms with Crippen molar-refractivity contribution in [3.05, 3.63) is 29.8 Å². The van der Waals surface area contributed by atoms with E-state index in [1.165, 1.54) is 17.7 Å². The lowest BCUT2D eigenvalue weighted by atomic mass is 9.60. The van der Waals surface area contributed by atoms with Gasteiger partial charge in [-0.05, 0) is 30.9 Å². The molecule has 5 fully saturated rings. The number of anilines is 1. The van der Waals surface area contributed by atoms with Crippen LogP contribution in [0.3, 0.4) is 0 Å². The van der Waals surface area contributed by atoms with E-state index in [1.54, 1.807) is 0 Å². The lowest BCUT2D eigenvalue weighted by Crippen LogP contribution is -2.82. The predicted octanol–water partition coefficient (Wildman–Crippen LogP) is 2.09. The first-order chi connectivity index (χ1) is 12.5. The molecule has 1 aliphatic carbocycles. The molecule has 6 aliphatic rings. The molecule has 0 amide bonds. The highest BCUT2D eigenvalue weighted by Gasteiger charge is 2.82. The lowest BCUT2D eigenvalue weighted by molar-refractivity contribution is -1.04. The highest BCUT2D eigenvalue weighted by Crippen LogP contribution is 2.71. The minimum Gasteiger partial charge on any atom is -0.392 e. The second-order valence-electron chi connectivity index (χ2n) is 9.67. The minimum absolute atomic E-state index is 0.126. The quantitative estimate of drug-likeness (QED) is 0.799. The highest BCUT2D eigenvalue weighted by atomic mass is 16.3. The molecule has 5 bridgehead atoms. The summed E-state index contributed by atoms with van der Waals surface area (Å²) in [6.45, 7) is 5.48. The molecule has 7 rings (SSSR count). The molecule has 4 saturated heterocycles. The Hall–Kier alpha value is -1.10. The summed E-state index contributed by atoms with van der Waals surface area (Å²) < 4.78 is 0.849. The zero-order valence-electron chi connectivity index (χ0n) is 16.0. The van der Waals surface area contributed by atoms with Crippen molar-refractivity contribution in [3.8, 4) is 0 Å². The van der Waals surface area contributed by atoms with Gasteiger partial charge in [0.15, 0.2) is 6.23 Å².